The molecule has 0 aliphatic rings. The molecule has 8 nitrogen and oxygen atoms in total. The highest BCUT2D eigenvalue weighted by atomic mass is 16.6. The Kier molecular flexibility index (Phi) is 5.56. The van der Waals surface area contributed by atoms with E-state index in [2.05, 4.69) is 20.6 Å². The number of nitro benzene ring substituents is 1. The van der Waals surface area contributed by atoms with Gasteiger partial charge in [0.2, 0.25) is 5.95 Å². The van der Waals surface area contributed by atoms with Gasteiger partial charge in [-0.25, -0.2) is 9.97 Å². The minimum absolute atomic E-state index is 0.00797. The van der Waals surface area contributed by atoms with Gasteiger partial charge in [-0.3, -0.25) is 14.9 Å². The molecule has 23 heavy (non-hydrogen) atoms. The van der Waals surface area contributed by atoms with Gasteiger partial charge in [0.25, 0.3) is 11.6 Å². The number of hydrogen-bond acceptors (Lipinski definition) is 6. The van der Waals surface area contributed by atoms with Crippen molar-refractivity contribution in [2.75, 3.05) is 18.4 Å². The topological polar surface area (TPSA) is 110 Å². The molecule has 0 atom stereocenters. The summed E-state index contributed by atoms with van der Waals surface area (Å²) >= 11 is 0. The van der Waals surface area contributed by atoms with Crippen LogP contribution in [0.5, 0.6) is 0 Å². The Morgan fingerprint density at radius 1 is 1.26 bits per heavy atom. The molecule has 1 aromatic heterocycles. The Hall–Kier alpha value is -3.03. The first-order chi connectivity index (χ1) is 11.1. The third-order valence-electron chi connectivity index (χ3n) is 3.14. The van der Waals surface area contributed by atoms with Gasteiger partial charge in [0.15, 0.2) is 0 Å². The molecule has 0 aliphatic carbocycles. The minimum Gasteiger partial charge on any atom is -0.354 e. The molecule has 0 saturated carbocycles. The Bertz CT molecular complexity index is 691. The molecule has 2 rings (SSSR count). The number of aryl methyl sites for hydroxylation is 1. The molecular weight excluding hydrogens is 298 g/mol. The lowest BCUT2D eigenvalue weighted by atomic mass is 10.1. The summed E-state index contributed by atoms with van der Waals surface area (Å²) in [5.74, 6) is 0.295. The second kappa shape index (κ2) is 7.83. The van der Waals surface area contributed by atoms with E-state index in [1.54, 1.807) is 25.4 Å². The van der Waals surface area contributed by atoms with Gasteiger partial charge in [-0.1, -0.05) is 0 Å². The van der Waals surface area contributed by atoms with Crippen LogP contribution in [-0.2, 0) is 0 Å². The van der Waals surface area contributed by atoms with E-state index in [9.17, 15) is 14.9 Å². The van der Waals surface area contributed by atoms with Crippen LogP contribution in [0.15, 0.2) is 36.7 Å². The van der Waals surface area contributed by atoms with Crippen molar-refractivity contribution >= 4 is 17.5 Å². The number of nitro groups is 1. The van der Waals surface area contributed by atoms with Crippen molar-refractivity contribution in [2.45, 2.75) is 13.3 Å². The predicted octanol–water partition coefficient (Wildman–Crippen LogP) is 1.93. The Labute approximate surface area is 133 Å². The fourth-order valence-electron chi connectivity index (χ4n) is 1.98. The second-order valence-electron chi connectivity index (χ2n) is 4.87. The Morgan fingerprint density at radius 3 is 2.65 bits per heavy atom. The smallest absolute Gasteiger partial charge is 0.272 e. The number of aromatic nitrogens is 2. The molecule has 0 saturated heterocycles. The number of amides is 1. The van der Waals surface area contributed by atoms with Gasteiger partial charge in [0, 0.05) is 42.7 Å². The standard InChI is InChI=1S/C15H17N5O3/c1-11-10-12(4-5-13(11)20(22)23)14(21)16-6-2-7-17-15-18-8-3-9-19-15/h3-5,8-10H,2,6-7H2,1H3,(H,16,21)(H,17,18,19). The summed E-state index contributed by atoms with van der Waals surface area (Å²) in [6.45, 7) is 2.72. The zero-order chi connectivity index (χ0) is 16.7. The van der Waals surface area contributed by atoms with E-state index in [4.69, 9.17) is 0 Å². The van der Waals surface area contributed by atoms with Crippen molar-refractivity contribution in [2.24, 2.45) is 0 Å². The quantitative estimate of drug-likeness (QED) is 0.459. The lowest BCUT2D eigenvalue weighted by molar-refractivity contribution is -0.385. The van der Waals surface area contributed by atoms with Crippen LogP contribution in [0.1, 0.15) is 22.3 Å². The normalized spacial score (nSPS) is 10.1. The second-order valence-corrected chi connectivity index (χ2v) is 4.87. The number of nitrogens with one attached hydrogen (secondary N) is 2. The first kappa shape index (κ1) is 16.3. The summed E-state index contributed by atoms with van der Waals surface area (Å²) in [4.78, 5) is 30.3. The molecule has 0 radical (unpaired) electrons. The Morgan fingerprint density at radius 2 is 2.00 bits per heavy atom. The number of carbonyl (C=O) groups excluding carboxylic acids is 1. The van der Waals surface area contributed by atoms with E-state index >= 15 is 0 Å². The van der Waals surface area contributed by atoms with E-state index in [0.717, 1.165) is 0 Å². The van der Waals surface area contributed by atoms with Crippen LogP contribution in [-0.4, -0.2) is 33.9 Å². The van der Waals surface area contributed by atoms with Crippen molar-refractivity contribution in [3.63, 3.8) is 0 Å². The highest BCUT2D eigenvalue weighted by Crippen LogP contribution is 2.18. The molecule has 0 aliphatic heterocycles. The largest absolute Gasteiger partial charge is 0.354 e. The molecule has 1 aromatic carbocycles. The van der Waals surface area contributed by atoms with E-state index in [1.165, 1.54) is 18.2 Å². The van der Waals surface area contributed by atoms with Crippen molar-refractivity contribution < 1.29 is 9.72 Å². The third kappa shape index (κ3) is 4.73. The zero-order valence-corrected chi connectivity index (χ0v) is 12.7. The van der Waals surface area contributed by atoms with Crippen molar-refractivity contribution in [1.82, 2.24) is 15.3 Å². The molecule has 0 spiro atoms. The summed E-state index contributed by atoms with van der Waals surface area (Å²) in [7, 11) is 0. The predicted molar refractivity (Wildman–Crippen MR) is 85.3 cm³/mol. The molecule has 2 aromatic rings. The molecule has 0 fully saturated rings. The van der Waals surface area contributed by atoms with Crippen molar-refractivity contribution in [1.29, 1.82) is 0 Å². The number of anilines is 1. The molecule has 1 heterocycles. The Balaban J connectivity index is 1.76. The van der Waals surface area contributed by atoms with Crippen molar-refractivity contribution in [3.8, 4) is 0 Å². The van der Waals surface area contributed by atoms with Crippen LogP contribution in [0.4, 0.5) is 11.6 Å². The van der Waals surface area contributed by atoms with E-state index in [-0.39, 0.29) is 11.6 Å². The lowest BCUT2D eigenvalue weighted by Gasteiger charge is -2.07. The van der Waals surface area contributed by atoms with Gasteiger partial charge >= 0.3 is 0 Å². The van der Waals surface area contributed by atoms with Crippen LogP contribution >= 0.6 is 0 Å². The minimum atomic E-state index is -0.464. The summed E-state index contributed by atoms with van der Waals surface area (Å²) in [5.41, 5.74) is 0.881. The number of hydrogen-bond donors (Lipinski definition) is 2. The molecule has 1 amide bonds. The molecular formula is C15H17N5O3. The zero-order valence-electron chi connectivity index (χ0n) is 12.7. The maximum Gasteiger partial charge on any atom is 0.272 e. The van der Waals surface area contributed by atoms with E-state index in [1.807, 2.05) is 0 Å². The fraction of sp³-hybridized carbons (Fsp3) is 0.267. The lowest BCUT2D eigenvalue weighted by Crippen LogP contribution is -2.26. The third-order valence-corrected chi connectivity index (χ3v) is 3.14. The molecule has 0 bridgehead atoms. The van der Waals surface area contributed by atoms with Gasteiger partial charge in [-0.05, 0) is 31.5 Å². The summed E-state index contributed by atoms with van der Waals surface area (Å²) in [6.07, 6.45) is 4.00. The molecule has 120 valence electrons. The van der Waals surface area contributed by atoms with Gasteiger partial charge in [-0.2, -0.15) is 0 Å². The van der Waals surface area contributed by atoms with Crippen LogP contribution < -0.4 is 10.6 Å². The molecule has 0 unspecified atom stereocenters. The maximum absolute atomic E-state index is 12.0. The van der Waals surface area contributed by atoms with Gasteiger partial charge < -0.3 is 10.6 Å². The van der Waals surface area contributed by atoms with Gasteiger partial charge in [0.1, 0.15) is 0 Å². The highest BCUT2D eigenvalue weighted by molar-refractivity contribution is 5.94. The average molecular weight is 315 g/mol. The number of nitrogens with zero attached hydrogens (tertiary/aromatic N) is 3. The van der Waals surface area contributed by atoms with E-state index < -0.39 is 4.92 Å². The van der Waals surface area contributed by atoms with E-state index in [0.29, 0.717) is 36.6 Å². The first-order valence-electron chi connectivity index (χ1n) is 7.12. The first-order valence-corrected chi connectivity index (χ1v) is 7.12. The van der Waals surface area contributed by atoms with Crippen molar-refractivity contribution in [3.05, 3.63) is 57.9 Å². The molecule has 8 heteroatoms. The van der Waals surface area contributed by atoms with Crippen LogP contribution in [0.3, 0.4) is 0 Å². The monoisotopic (exact) mass is 315 g/mol. The number of benzene rings is 1. The van der Waals surface area contributed by atoms with Gasteiger partial charge in [-0.15, -0.1) is 0 Å². The summed E-state index contributed by atoms with van der Waals surface area (Å²) in [6, 6.07) is 6.05. The SMILES string of the molecule is Cc1cc(C(=O)NCCCNc2ncccn2)ccc1[N+](=O)[O-]. The average Bonchev–Trinajstić information content (AvgIpc) is 2.55. The maximum atomic E-state index is 12.0. The summed E-state index contributed by atoms with van der Waals surface area (Å²) < 4.78 is 0. The number of rotatable bonds is 7. The van der Waals surface area contributed by atoms with Crippen LogP contribution in [0, 0.1) is 17.0 Å². The van der Waals surface area contributed by atoms with Gasteiger partial charge in [0.05, 0.1) is 4.92 Å². The molecule has 2 N–H and O–H groups in total. The number of carbonyl (C=O) groups is 1. The highest BCUT2D eigenvalue weighted by Gasteiger charge is 2.13. The van der Waals surface area contributed by atoms with Crippen LogP contribution in [0.25, 0.3) is 0 Å². The summed E-state index contributed by atoms with van der Waals surface area (Å²) in [5, 5.41) is 16.6. The fourth-order valence-corrected chi connectivity index (χ4v) is 1.98. The van der Waals surface area contributed by atoms with Crippen LogP contribution in [0.2, 0.25) is 0 Å².